The molecule has 1 fully saturated rings. The van der Waals surface area contributed by atoms with Gasteiger partial charge in [0, 0.05) is 18.5 Å². The molecule has 1 aliphatic rings. The Balaban J connectivity index is 1.50. The van der Waals surface area contributed by atoms with Gasteiger partial charge in [0.15, 0.2) is 12.3 Å². The van der Waals surface area contributed by atoms with Crippen molar-refractivity contribution in [2.24, 2.45) is 0 Å². The molecule has 1 amide bonds. The van der Waals surface area contributed by atoms with Gasteiger partial charge in [-0.1, -0.05) is 18.2 Å². The summed E-state index contributed by atoms with van der Waals surface area (Å²) in [6, 6.07) is 7.23. The molecular formula is C15H17N3O4. The monoisotopic (exact) mass is 303 g/mol. The number of hydrogen-bond donors (Lipinski definition) is 2. The Bertz CT molecular complexity index is 676. The second-order valence-electron chi connectivity index (χ2n) is 5.13. The highest BCUT2D eigenvalue weighted by Crippen LogP contribution is 2.15. The van der Waals surface area contributed by atoms with E-state index in [1.165, 1.54) is 0 Å². The number of para-hydroxylation sites is 1. The summed E-state index contributed by atoms with van der Waals surface area (Å²) in [5.41, 5.74) is 0.930. The predicted molar refractivity (Wildman–Crippen MR) is 78.4 cm³/mol. The highest BCUT2D eigenvalue weighted by Gasteiger charge is 2.18. The third-order valence-electron chi connectivity index (χ3n) is 3.55. The molecule has 2 aromatic rings. The highest BCUT2D eigenvalue weighted by molar-refractivity contribution is 6.02. The number of ether oxygens (including phenoxy) is 2. The smallest absolute Gasteiger partial charge is 0.359 e. The molecule has 1 saturated heterocycles. The van der Waals surface area contributed by atoms with Crippen LogP contribution in [-0.4, -0.2) is 47.9 Å². The van der Waals surface area contributed by atoms with Crippen molar-refractivity contribution in [2.45, 2.75) is 18.9 Å². The van der Waals surface area contributed by atoms with E-state index in [4.69, 9.17) is 9.47 Å². The van der Waals surface area contributed by atoms with Crippen LogP contribution in [0.15, 0.2) is 24.3 Å². The highest BCUT2D eigenvalue weighted by atomic mass is 16.5. The normalized spacial score (nSPS) is 17.5. The fourth-order valence-corrected chi connectivity index (χ4v) is 2.40. The summed E-state index contributed by atoms with van der Waals surface area (Å²) >= 11 is 0. The molecule has 1 atom stereocenters. The first kappa shape index (κ1) is 14.5. The lowest BCUT2D eigenvalue weighted by molar-refractivity contribution is -0.124. The van der Waals surface area contributed by atoms with Gasteiger partial charge in [0.05, 0.1) is 11.6 Å². The minimum absolute atomic E-state index is 0.0648. The molecule has 0 aliphatic carbocycles. The minimum atomic E-state index is -0.621. The largest absolute Gasteiger partial charge is 0.451 e. The third-order valence-corrected chi connectivity index (χ3v) is 3.55. The van der Waals surface area contributed by atoms with Gasteiger partial charge >= 0.3 is 5.97 Å². The van der Waals surface area contributed by atoms with Crippen molar-refractivity contribution in [1.82, 2.24) is 15.5 Å². The van der Waals surface area contributed by atoms with Crippen LogP contribution in [0.5, 0.6) is 0 Å². The Morgan fingerprint density at radius 2 is 2.27 bits per heavy atom. The summed E-state index contributed by atoms with van der Waals surface area (Å²) in [7, 11) is 0. The summed E-state index contributed by atoms with van der Waals surface area (Å²) < 4.78 is 10.4. The standard InChI is InChI=1S/C15H17N3O4/c19-13(16-8-10-4-3-7-21-10)9-22-15(20)14-11-5-1-2-6-12(11)17-18-14/h1-2,5-6,10H,3-4,7-9H2,(H,16,19)(H,17,18). The number of fused-ring (bicyclic) bond motifs is 1. The predicted octanol–water partition coefficient (Wildman–Crippen LogP) is 1.01. The zero-order valence-electron chi connectivity index (χ0n) is 12.0. The molecule has 2 heterocycles. The van der Waals surface area contributed by atoms with Gasteiger partial charge in [-0.2, -0.15) is 5.10 Å². The molecule has 1 unspecified atom stereocenters. The van der Waals surface area contributed by atoms with Crippen LogP contribution >= 0.6 is 0 Å². The van der Waals surface area contributed by atoms with E-state index < -0.39 is 5.97 Å². The van der Waals surface area contributed by atoms with Crippen molar-refractivity contribution >= 4 is 22.8 Å². The van der Waals surface area contributed by atoms with Crippen LogP contribution in [0, 0.1) is 0 Å². The van der Waals surface area contributed by atoms with Crippen molar-refractivity contribution in [3.05, 3.63) is 30.0 Å². The van der Waals surface area contributed by atoms with Gasteiger partial charge in [-0.15, -0.1) is 0 Å². The molecule has 0 saturated carbocycles. The second-order valence-corrected chi connectivity index (χ2v) is 5.13. The lowest BCUT2D eigenvalue weighted by Crippen LogP contribution is -2.34. The quantitative estimate of drug-likeness (QED) is 0.804. The van der Waals surface area contributed by atoms with Crippen LogP contribution < -0.4 is 5.32 Å². The number of carbonyl (C=O) groups excluding carboxylic acids is 2. The van der Waals surface area contributed by atoms with E-state index in [1.54, 1.807) is 6.07 Å². The fraction of sp³-hybridized carbons (Fsp3) is 0.400. The molecule has 116 valence electrons. The SMILES string of the molecule is O=C(COC(=O)c1n[nH]c2ccccc12)NCC1CCCO1. The molecule has 0 spiro atoms. The Labute approximate surface area is 127 Å². The molecule has 1 aromatic heterocycles. The van der Waals surface area contributed by atoms with Crippen LogP contribution in [0.25, 0.3) is 10.9 Å². The van der Waals surface area contributed by atoms with Gasteiger partial charge in [0.2, 0.25) is 0 Å². The minimum Gasteiger partial charge on any atom is -0.451 e. The van der Waals surface area contributed by atoms with Crippen molar-refractivity contribution in [3.8, 4) is 0 Å². The van der Waals surface area contributed by atoms with Gasteiger partial charge in [-0.3, -0.25) is 9.89 Å². The second kappa shape index (κ2) is 6.57. The number of aromatic nitrogens is 2. The third kappa shape index (κ3) is 3.25. The molecule has 1 aliphatic heterocycles. The number of nitrogens with one attached hydrogen (secondary N) is 2. The molecule has 7 heteroatoms. The molecule has 2 N–H and O–H groups in total. The maximum Gasteiger partial charge on any atom is 0.359 e. The number of esters is 1. The number of benzene rings is 1. The van der Waals surface area contributed by atoms with E-state index in [9.17, 15) is 9.59 Å². The van der Waals surface area contributed by atoms with Crippen LogP contribution in [-0.2, 0) is 14.3 Å². The first-order chi connectivity index (χ1) is 10.7. The summed E-state index contributed by atoms with van der Waals surface area (Å²) in [6.07, 6.45) is 2.02. The van der Waals surface area contributed by atoms with Gasteiger partial charge in [0.25, 0.3) is 5.91 Å². The van der Waals surface area contributed by atoms with E-state index in [0.29, 0.717) is 11.9 Å². The molecule has 7 nitrogen and oxygen atoms in total. The first-order valence-corrected chi connectivity index (χ1v) is 7.22. The zero-order chi connectivity index (χ0) is 15.4. The summed E-state index contributed by atoms with van der Waals surface area (Å²) in [4.78, 5) is 23.6. The van der Waals surface area contributed by atoms with Crippen molar-refractivity contribution < 1.29 is 19.1 Å². The average molecular weight is 303 g/mol. The Morgan fingerprint density at radius 1 is 1.41 bits per heavy atom. The molecule has 3 rings (SSSR count). The Morgan fingerprint density at radius 3 is 3.09 bits per heavy atom. The Kier molecular flexibility index (Phi) is 4.34. The zero-order valence-corrected chi connectivity index (χ0v) is 12.0. The number of aromatic amines is 1. The molecule has 22 heavy (non-hydrogen) atoms. The topological polar surface area (TPSA) is 93.3 Å². The van der Waals surface area contributed by atoms with Gasteiger partial charge in [0.1, 0.15) is 0 Å². The number of amides is 1. The van der Waals surface area contributed by atoms with E-state index >= 15 is 0 Å². The number of nitrogens with zero attached hydrogens (tertiary/aromatic N) is 1. The number of carbonyl (C=O) groups is 2. The van der Waals surface area contributed by atoms with Crippen molar-refractivity contribution in [2.75, 3.05) is 19.8 Å². The maximum absolute atomic E-state index is 12.0. The van der Waals surface area contributed by atoms with E-state index in [1.807, 2.05) is 18.2 Å². The van der Waals surface area contributed by atoms with Crippen molar-refractivity contribution in [1.29, 1.82) is 0 Å². The number of rotatable bonds is 5. The van der Waals surface area contributed by atoms with Crippen LogP contribution in [0.4, 0.5) is 0 Å². The average Bonchev–Trinajstić information content (AvgIpc) is 3.19. The van der Waals surface area contributed by atoms with Gasteiger partial charge in [-0.05, 0) is 18.9 Å². The maximum atomic E-state index is 12.0. The molecule has 0 bridgehead atoms. The molecule has 0 radical (unpaired) electrons. The summed E-state index contributed by atoms with van der Waals surface area (Å²) in [6.45, 7) is 0.857. The fourth-order valence-electron chi connectivity index (χ4n) is 2.40. The van der Waals surface area contributed by atoms with Crippen LogP contribution in [0.1, 0.15) is 23.3 Å². The van der Waals surface area contributed by atoms with Crippen LogP contribution in [0.3, 0.4) is 0 Å². The number of H-pyrrole nitrogens is 1. The summed E-state index contributed by atoms with van der Waals surface area (Å²) in [5.74, 6) is -0.964. The van der Waals surface area contributed by atoms with E-state index in [2.05, 4.69) is 15.5 Å². The summed E-state index contributed by atoms with van der Waals surface area (Å²) in [5, 5.41) is 10.0. The number of hydrogen-bond acceptors (Lipinski definition) is 5. The Hall–Kier alpha value is -2.41. The lowest BCUT2D eigenvalue weighted by Gasteiger charge is -2.10. The van der Waals surface area contributed by atoms with Crippen LogP contribution in [0.2, 0.25) is 0 Å². The molecular weight excluding hydrogens is 286 g/mol. The van der Waals surface area contributed by atoms with Gasteiger partial charge in [-0.25, -0.2) is 4.79 Å². The lowest BCUT2D eigenvalue weighted by atomic mass is 10.2. The molecule has 1 aromatic carbocycles. The van der Waals surface area contributed by atoms with Crippen molar-refractivity contribution in [3.63, 3.8) is 0 Å². The van der Waals surface area contributed by atoms with E-state index in [0.717, 1.165) is 25.0 Å². The first-order valence-electron chi connectivity index (χ1n) is 7.22. The van der Waals surface area contributed by atoms with E-state index in [-0.39, 0.29) is 24.3 Å². The van der Waals surface area contributed by atoms with Gasteiger partial charge < -0.3 is 14.8 Å².